The van der Waals surface area contributed by atoms with Gasteiger partial charge in [0.25, 0.3) is 0 Å². The van der Waals surface area contributed by atoms with E-state index in [2.05, 4.69) is 174 Å². The van der Waals surface area contributed by atoms with Gasteiger partial charge in [-0.25, -0.2) is 9.13 Å². The maximum absolute atomic E-state index is 13.1. The summed E-state index contributed by atoms with van der Waals surface area (Å²) in [4.78, 5) is 72.9. The van der Waals surface area contributed by atoms with Crippen LogP contribution < -0.4 is 0 Å². The van der Waals surface area contributed by atoms with Crippen LogP contribution in [0.4, 0.5) is 0 Å². The third kappa shape index (κ3) is 76.4. The molecular weight excluding hydrogens is 1380 g/mol. The number of aliphatic hydroxyl groups excluding tert-OH is 1. The molecule has 0 bridgehead atoms. The second kappa shape index (κ2) is 77.3. The Labute approximate surface area is 641 Å². The van der Waals surface area contributed by atoms with Gasteiger partial charge >= 0.3 is 39.5 Å². The number of rotatable bonds is 73. The van der Waals surface area contributed by atoms with E-state index in [4.69, 9.17) is 37.0 Å². The van der Waals surface area contributed by atoms with Crippen molar-refractivity contribution in [3.05, 3.63) is 182 Å². The first-order chi connectivity index (χ1) is 51.7. The number of hydrogen-bond acceptors (Lipinski definition) is 15. The number of phosphoric acid groups is 2. The van der Waals surface area contributed by atoms with E-state index in [-0.39, 0.29) is 25.7 Å². The lowest BCUT2D eigenvalue weighted by molar-refractivity contribution is -0.161. The summed E-state index contributed by atoms with van der Waals surface area (Å²) >= 11 is 0. The average Bonchev–Trinajstić information content (AvgIpc) is 0.901. The quantitative estimate of drug-likeness (QED) is 0.0169. The maximum atomic E-state index is 13.1. The van der Waals surface area contributed by atoms with Crippen LogP contribution in [0.5, 0.6) is 0 Å². The van der Waals surface area contributed by atoms with Crippen molar-refractivity contribution < 1.29 is 80.2 Å². The topological polar surface area (TPSA) is 237 Å². The molecule has 0 amide bonds. The van der Waals surface area contributed by atoms with Crippen molar-refractivity contribution in [3.63, 3.8) is 0 Å². The van der Waals surface area contributed by atoms with Gasteiger partial charge in [-0.2, -0.15) is 0 Å². The van der Waals surface area contributed by atoms with Crippen molar-refractivity contribution in [1.82, 2.24) is 0 Å². The molecule has 106 heavy (non-hydrogen) atoms. The zero-order valence-electron chi connectivity index (χ0n) is 65.5. The highest BCUT2D eigenvalue weighted by Crippen LogP contribution is 2.45. The summed E-state index contributed by atoms with van der Waals surface area (Å²) in [5.41, 5.74) is 0. The van der Waals surface area contributed by atoms with Crippen LogP contribution in [0.25, 0.3) is 0 Å². The highest BCUT2D eigenvalue weighted by Gasteiger charge is 2.30. The lowest BCUT2D eigenvalue weighted by atomic mass is 10.1. The smallest absolute Gasteiger partial charge is 0.462 e. The van der Waals surface area contributed by atoms with Crippen LogP contribution in [0.3, 0.4) is 0 Å². The number of esters is 4. The third-order valence-electron chi connectivity index (χ3n) is 15.9. The molecule has 0 aromatic carbocycles. The SMILES string of the molecule is CC/C=C\C/C=C\C/C=C\C/C=C\C/C=C\C/C=C\CCC(=O)OCC(COP(=O)(O)OCC(O)COP(=O)(O)OCC(COC(=O)CCCCCCCCC/C=C\C/C=C\C/C=C\CC)OC(=O)CCCCCCCCCCCCC)OC(=O)CC/C=C\C/C=C\C/C=C\C/C=C\C/C=C\C/C=C\CC. The molecule has 5 atom stereocenters. The Morgan fingerprint density at radius 3 is 0.830 bits per heavy atom. The fraction of sp³-hybridized carbons (Fsp3) is 0.609. The first-order valence-corrected chi connectivity index (χ1v) is 43.0. The molecule has 0 saturated carbocycles. The van der Waals surface area contributed by atoms with Gasteiger partial charge in [0.15, 0.2) is 12.2 Å². The molecule has 0 rings (SSSR count). The highest BCUT2D eigenvalue weighted by molar-refractivity contribution is 7.47. The highest BCUT2D eigenvalue weighted by atomic mass is 31.2. The lowest BCUT2D eigenvalue weighted by Gasteiger charge is -2.21. The van der Waals surface area contributed by atoms with E-state index in [0.29, 0.717) is 38.5 Å². The van der Waals surface area contributed by atoms with Crippen molar-refractivity contribution in [2.24, 2.45) is 0 Å². The van der Waals surface area contributed by atoms with E-state index < -0.39 is 97.5 Å². The predicted molar refractivity (Wildman–Crippen MR) is 436 cm³/mol. The summed E-state index contributed by atoms with van der Waals surface area (Å²) < 4.78 is 68.4. The summed E-state index contributed by atoms with van der Waals surface area (Å²) in [6.07, 6.45) is 93.4. The molecule has 19 heteroatoms. The Morgan fingerprint density at radius 2 is 0.509 bits per heavy atom. The Morgan fingerprint density at radius 1 is 0.274 bits per heavy atom. The molecule has 0 aliphatic heterocycles. The van der Waals surface area contributed by atoms with Crippen LogP contribution in [0.2, 0.25) is 0 Å². The summed E-state index contributed by atoms with van der Waals surface area (Å²) in [5.74, 6) is -2.39. The van der Waals surface area contributed by atoms with E-state index in [1.165, 1.54) is 38.5 Å². The van der Waals surface area contributed by atoms with Crippen LogP contribution in [0.1, 0.15) is 285 Å². The number of ether oxygens (including phenoxy) is 4. The van der Waals surface area contributed by atoms with E-state index in [1.54, 1.807) is 0 Å². The van der Waals surface area contributed by atoms with Gasteiger partial charge in [-0.15, -0.1) is 0 Å². The Hall–Kier alpha value is -5.84. The van der Waals surface area contributed by atoms with E-state index in [1.807, 2.05) is 36.5 Å². The van der Waals surface area contributed by atoms with Gasteiger partial charge in [-0.05, 0) is 135 Å². The molecule has 0 fully saturated rings. The average molecular weight is 1520 g/mol. The first-order valence-electron chi connectivity index (χ1n) is 40.0. The van der Waals surface area contributed by atoms with Gasteiger partial charge in [0, 0.05) is 25.7 Å². The number of carbonyl (C=O) groups excluding carboxylic acids is 4. The largest absolute Gasteiger partial charge is 0.472 e. The number of allylic oxidation sites excluding steroid dienone is 30. The van der Waals surface area contributed by atoms with Crippen LogP contribution in [0.15, 0.2) is 182 Å². The minimum Gasteiger partial charge on any atom is -0.462 e. The molecule has 17 nitrogen and oxygen atoms in total. The number of phosphoric ester groups is 2. The van der Waals surface area contributed by atoms with E-state index in [0.717, 1.165) is 154 Å². The van der Waals surface area contributed by atoms with Gasteiger partial charge in [0.05, 0.1) is 26.4 Å². The molecule has 0 aromatic rings. The monoisotopic (exact) mass is 1520 g/mol. The molecule has 0 aromatic heterocycles. The van der Waals surface area contributed by atoms with E-state index in [9.17, 15) is 43.2 Å². The van der Waals surface area contributed by atoms with Crippen LogP contribution in [-0.4, -0.2) is 96.7 Å². The molecule has 0 spiro atoms. The second-order valence-corrected chi connectivity index (χ2v) is 28.8. The zero-order valence-corrected chi connectivity index (χ0v) is 67.3. The van der Waals surface area contributed by atoms with E-state index >= 15 is 0 Å². The fourth-order valence-corrected chi connectivity index (χ4v) is 11.5. The van der Waals surface area contributed by atoms with Crippen LogP contribution >= 0.6 is 15.6 Å². The predicted octanol–water partition coefficient (Wildman–Crippen LogP) is 23.6. The number of aliphatic hydroxyl groups is 1. The summed E-state index contributed by atoms with van der Waals surface area (Å²) in [7, 11) is -10.0. The fourth-order valence-electron chi connectivity index (χ4n) is 9.93. The summed E-state index contributed by atoms with van der Waals surface area (Å²) in [6.45, 7) is 4.33. The molecule has 0 saturated heterocycles. The van der Waals surface area contributed by atoms with Gasteiger partial charge in [-0.1, -0.05) is 306 Å². The summed E-state index contributed by atoms with van der Waals surface area (Å²) in [5, 5.41) is 10.6. The molecule has 0 aliphatic carbocycles. The van der Waals surface area contributed by atoms with Gasteiger partial charge in [0.1, 0.15) is 19.3 Å². The molecule has 600 valence electrons. The van der Waals surface area contributed by atoms with Gasteiger partial charge in [0.2, 0.25) is 0 Å². The van der Waals surface area contributed by atoms with Crippen LogP contribution in [-0.2, 0) is 65.4 Å². The molecule has 0 heterocycles. The first kappa shape index (κ1) is 100. The van der Waals surface area contributed by atoms with Crippen molar-refractivity contribution in [2.45, 2.75) is 303 Å². The van der Waals surface area contributed by atoms with Crippen molar-refractivity contribution >= 4 is 39.5 Å². The molecule has 0 radical (unpaired) electrons. The van der Waals surface area contributed by atoms with Crippen molar-refractivity contribution in [3.8, 4) is 0 Å². The van der Waals surface area contributed by atoms with Crippen LogP contribution in [0, 0.1) is 0 Å². The number of carbonyl (C=O) groups is 4. The van der Waals surface area contributed by atoms with Gasteiger partial charge in [-0.3, -0.25) is 37.3 Å². The lowest BCUT2D eigenvalue weighted by Crippen LogP contribution is -2.30. The Bertz CT molecular complexity index is 2730. The normalized spacial score (nSPS) is 14.8. The number of unbranched alkanes of at least 4 members (excludes halogenated alkanes) is 17. The minimum atomic E-state index is -5.02. The molecule has 3 N–H and O–H groups in total. The Balaban J connectivity index is 5.50. The van der Waals surface area contributed by atoms with Crippen molar-refractivity contribution in [1.29, 1.82) is 0 Å². The second-order valence-electron chi connectivity index (χ2n) is 25.9. The molecular formula is C87H140O17P2. The Kier molecular flexibility index (Phi) is 73.1. The van der Waals surface area contributed by atoms with Gasteiger partial charge < -0.3 is 33.8 Å². The minimum absolute atomic E-state index is 0.0135. The molecule has 0 aliphatic rings. The standard InChI is InChI=1S/C87H140O17P2/c1-5-9-13-17-21-25-29-32-35-38-40-43-46-49-53-56-60-64-68-72-85(90)98-78-83(104-87(92)74-70-66-62-58-54-50-47-44-41-39-36-33-30-26-22-18-14-10-6-2)80-102-106(95,96)100-76-81(88)75-99-105(93,94)101-79-82(103-86(91)73-69-65-61-57-51-28-24-20-16-12-8-4)77-97-84(89)71-67-63-59-55-52-48-45-42-37-34-31-27-23-19-15-11-7-3/h9-11,13-15,21-23,25-27,32-37,40-41,43-44,49-50,53-54,60,62,64,66,81-83,88H,5-8,12,16-20,24,28-31,38-39,42,45-48,51-52,55-59,61,63,65,67-80H2,1-4H3,(H,93,94)(H,95,96)/b13-9-,14-10-,15-11-,25-21-,26-22-,27-23-,35-32-,36-33-,37-34-,43-40-,44-41-,53-49-,54-50-,64-60-,66-62-. The maximum Gasteiger partial charge on any atom is 0.472 e. The van der Waals surface area contributed by atoms with Crippen molar-refractivity contribution in [2.75, 3.05) is 39.6 Å². The third-order valence-corrected chi connectivity index (χ3v) is 17.8. The summed E-state index contributed by atoms with van der Waals surface area (Å²) in [6, 6.07) is 0. The zero-order chi connectivity index (χ0) is 77.4. The number of hydrogen-bond donors (Lipinski definition) is 3. The molecule has 5 unspecified atom stereocenters.